The van der Waals surface area contributed by atoms with Crippen LogP contribution in [-0.2, 0) is 0 Å². The van der Waals surface area contributed by atoms with Crippen LogP contribution < -0.4 is 0 Å². The summed E-state index contributed by atoms with van der Waals surface area (Å²) in [7, 11) is 0. The maximum Gasteiger partial charge on any atom is 0.0956 e. The SMILES string of the molecule is CC(S)CSC1SCCS1. The fraction of sp³-hybridized carbons (Fsp3) is 1.00. The molecule has 60 valence electrons. The first kappa shape index (κ1) is 9.49. The number of thiol groups is 1. The minimum Gasteiger partial charge on any atom is -0.175 e. The molecule has 0 amide bonds. The molecule has 1 saturated heterocycles. The van der Waals surface area contributed by atoms with E-state index in [1.54, 1.807) is 0 Å². The van der Waals surface area contributed by atoms with Crippen LogP contribution in [-0.4, -0.2) is 26.4 Å². The van der Waals surface area contributed by atoms with Gasteiger partial charge in [0.15, 0.2) is 0 Å². The second-order valence-corrected chi connectivity index (χ2v) is 7.55. The molecule has 1 unspecified atom stereocenters. The van der Waals surface area contributed by atoms with E-state index in [4.69, 9.17) is 0 Å². The fourth-order valence-electron chi connectivity index (χ4n) is 0.651. The first-order chi connectivity index (χ1) is 4.79. The van der Waals surface area contributed by atoms with Gasteiger partial charge < -0.3 is 0 Å². The molecule has 1 fully saturated rings. The predicted octanol–water partition coefficient (Wildman–Crippen LogP) is 2.80. The molecule has 1 heterocycles. The van der Waals surface area contributed by atoms with Gasteiger partial charge in [-0.15, -0.1) is 35.3 Å². The Morgan fingerprint density at radius 1 is 1.60 bits per heavy atom. The van der Waals surface area contributed by atoms with Crippen molar-refractivity contribution < 1.29 is 0 Å². The molecule has 0 radical (unpaired) electrons. The minimum absolute atomic E-state index is 0.548. The molecule has 0 bridgehead atoms. The van der Waals surface area contributed by atoms with E-state index in [1.165, 1.54) is 17.3 Å². The van der Waals surface area contributed by atoms with Gasteiger partial charge in [-0.25, -0.2) is 0 Å². The van der Waals surface area contributed by atoms with Crippen molar-refractivity contribution >= 4 is 47.9 Å². The van der Waals surface area contributed by atoms with E-state index in [0.29, 0.717) is 5.25 Å². The highest BCUT2D eigenvalue weighted by Gasteiger charge is 2.16. The predicted molar refractivity (Wildman–Crippen MR) is 59.6 cm³/mol. The largest absolute Gasteiger partial charge is 0.175 e. The lowest BCUT2D eigenvalue weighted by Gasteiger charge is -2.08. The number of thioether (sulfide) groups is 3. The van der Waals surface area contributed by atoms with Gasteiger partial charge in [0.05, 0.1) is 3.91 Å². The van der Waals surface area contributed by atoms with Crippen molar-refractivity contribution in [2.75, 3.05) is 17.3 Å². The zero-order valence-corrected chi connectivity index (χ0v) is 9.29. The summed E-state index contributed by atoms with van der Waals surface area (Å²) in [5, 5.41) is 0.548. The molecule has 0 saturated carbocycles. The Morgan fingerprint density at radius 2 is 2.20 bits per heavy atom. The Bertz CT molecular complexity index is 87.7. The molecule has 1 rings (SSSR count). The molecular formula is C6H12S4. The fourth-order valence-corrected chi connectivity index (χ4v) is 5.28. The molecular weight excluding hydrogens is 200 g/mol. The molecule has 0 spiro atoms. The van der Waals surface area contributed by atoms with E-state index < -0.39 is 0 Å². The van der Waals surface area contributed by atoms with Gasteiger partial charge in [-0.2, -0.15) is 12.6 Å². The second-order valence-electron chi connectivity index (χ2n) is 2.21. The van der Waals surface area contributed by atoms with Crippen LogP contribution in [0.5, 0.6) is 0 Å². The lowest BCUT2D eigenvalue weighted by Crippen LogP contribution is -1.97. The van der Waals surface area contributed by atoms with Crippen LogP contribution in [0.25, 0.3) is 0 Å². The van der Waals surface area contributed by atoms with Gasteiger partial charge in [-0.05, 0) is 0 Å². The number of rotatable bonds is 3. The van der Waals surface area contributed by atoms with E-state index in [-0.39, 0.29) is 0 Å². The molecule has 0 aliphatic carbocycles. The topological polar surface area (TPSA) is 0 Å². The standard InChI is InChI=1S/C6H12S4/c1-5(7)4-10-6-8-2-3-9-6/h5-7H,2-4H2,1H3. The van der Waals surface area contributed by atoms with E-state index >= 15 is 0 Å². The van der Waals surface area contributed by atoms with Crippen LogP contribution in [0.15, 0.2) is 0 Å². The van der Waals surface area contributed by atoms with Crippen molar-refractivity contribution in [3.05, 3.63) is 0 Å². The van der Waals surface area contributed by atoms with Crippen LogP contribution >= 0.6 is 47.9 Å². The summed E-state index contributed by atoms with van der Waals surface area (Å²) >= 11 is 10.5. The minimum atomic E-state index is 0.548. The molecule has 0 nitrogen and oxygen atoms in total. The molecule has 4 heteroatoms. The van der Waals surface area contributed by atoms with Crippen molar-refractivity contribution in [3.63, 3.8) is 0 Å². The molecule has 0 aromatic carbocycles. The summed E-state index contributed by atoms with van der Waals surface area (Å²) in [5.41, 5.74) is 0. The maximum atomic E-state index is 4.33. The molecule has 1 aliphatic heterocycles. The van der Waals surface area contributed by atoms with E-state index in [2.05, 4.69) is 43.1 Å². The van der Waals surface area contributed by atoms with Crippen LogP contribution in [0, 0.1) is 0 Å². The maximum absolute atomic E-state index is 4.33. The lowest BCUT2D eigenvalue weighted by atomic mass is 10.6. The lowest BCUT2D eigenvalue weighted by molar-refractivity contribution is 1.14. The Morgan fingerprint density at radius 3 is 2.70 bits per heavy atom. The zero-order valence-electron chi connectivity index (χ0n) is 5.95. The highest BCUT2D eigenvalue weighted by atomic mass is 32.3. The highest BCUT2D eigenvalue weighted by molar-refractivity contribution is 8.34. The molecule has 0 aromatic rings. The van der Waals surface area contributed by atoms with E-state index in [9.17, 15) is 0 Å². The zero-order chi connectivity index (χ0) is 7.40. The molecule has 0 aromatic heterocycles. The normalized spacial score (nSPS) is 23.4. The smallest absolute Gasteiger partial charge is 0.0956 e. The Kier molecular flexibility index (Phi) is 4.86. The summed E-state index contributed by atoms with van der Waals surface area (Å²) in [5.74, 6) is 3.86. The number of hydrogen-bond donors (Lipinski definition) is 1. The van der Waals surface area contributed by atoms with E-state index in [1.807, 2.05) is 11.8 Å². The van der Waals surface area contributed by atoms with Crippen LogP contribution in [0.4, 0.5) is 0 Å². The van der Waals surface area contributed by atoms with Gasteiger partial charge in [0, 0.05) is 22.5 Å². The van der Waals surface area contributed by atoms with Gasteiger partial charge in [0.25, 0.3) is 0 Å². The monoisotopic (exact) mass is 212 g/mol. The third kappa shape index (κ3) is 3.69. The summed E-state index contributed by atoms with van der Waals surface area (Å²) in [6.45, 7) is 2.15. The van der Waals surface area contributed by atoms with Crippen molar-refractivity contribution in [2.45, 2.75) is 16.1 Å². The van der Waals surface area contributed by atoms with E-state index in [0.717, 1.165) is 3.91 Å². The van der Waals surface area contributed by atoms with Crippen molar-refractivity contribution in [2.24, 2.45) is 0 Å². The third-order valence-corrected chi connectivity index (χ3v) is 6.59. The van der Waals surface area contributed by atoms with Crippen LogP contribution in [0.1, 0.15) is 6.92 Å². The van der Waals surface area contributed by atoms with Crippen LogP contribution in [0.3, 0.4) is 0 Å². The quantitative estimate of drug-likeness (QED) is 0.715. The molecule has 1 aliphatic rings. The van der Waals surface area contributed by atoms with Crippen molar-refractivity contribution in [1.29, 1.82) is 0 Å². The first-order valence-electron chi connectivity index (χ1n) is 3.32. The summed E-state index contributed by atoms with van der Waals surface area (Å²) in [6.07, 6.45) is 0. The van der Waals surface area contributed by atoms with Gasteiger partial charge >= 0.3 is 0 Å². The Balaban J connectivity index is 2.01. The summed E-state index contributed by atoms with van der Waals surface area (Å²) in [6, 6.07) is 0. The average molecular weight is 212 g/mol. The highest BCUT2D eigenvalue weighted by Crippen LogP contribution is 2.40. The number of hydrogen-bond acceptors (Lipinski definition) is 4. The Hall–Kier alpha value is 1.40. The summed E-state index contributed by atoms with van der Waals surface area (Å²) < 4.78 is 0.801. The van der Waals surface area contributed by atoms with Gasteiger partial charge in [0.1, 0.15) is 0 Å². The average Bonchev–Trinajstić information content (AvgIpc) is 2.34. The van der Waals surface area contributed by atoms with Crippen molar-refractivity contribution in [3.8, 4) is 0 Å². The van der Waals surface area contributed by atoms with Crippen molar-refractivity contribution in [1.82, 2.24) is 0 Å². The molecule has 1 atom stereocenters. The molecule has 10 heavy (non-hydrogen) atoms. The molecule has 0 N–H and O–H groups in total. The second kappa shape index (κ2) is 5.12. The van der Waals surface area contributed by atoms with Gasteiger partial charge in [-0.1, -0.05) is 6.92 Å². The third-order valence-electron chi connectivity index (χ3n) is 1.06. The summed E-state index contributed by atoms with van der Waals surface area (Å²) in [4.78, 5) is 0. The van der Waals surface area contributed by atoms with Crippen LogP contribution in [0.2, 0.25) is 0 Å². The first-order valence-corrected chi connectivity index (χ1v) is 6.98. The van der Waals surface area contributed by atoms with Gasteiger partial charge in [-0.3, -0.25) is 0 Å². The van der Waals surface area contributed by atoms with Gasteiger partial charge in [0.2, 0.25) is 0 Å². The Labute approximate surface area is 81.1 Å².